The number of imidazole rings is 1. The van der Waals surface area contributed by atoms with Crippen LogP contribution >= 0.6 is 0 Å². The molecule has 5 heteroatoms. The fourth-order valence-corrected chi connectivity index (χ4v) is 8.86. The molecule has 0 bridgehead atoms. The number of aromatic hydroxyl groups is 1. The van der Waals surface area contributed by atoms with Gasteiger partial charge in [0.2, 0.25) is 0 Å². The summed E-state index contributed by atoms with van der Waals surface area (Å²) in [5.74, 6) is 0.916. The van der Waals surface area contributed by atoms with Crippen molar-refractivity contribution in [2.45, 2.75) is 91.9 Å². The van der Waals surface area contributed by atoms with E-state index < -0.39 is 0 Å². The van der Waals surface area contributed by atoms with Crippen molar-refractivity contribution in [1.82, 2.24) is 14.5 Å². The molecule has 0 saturated heterocycles. The molecule has 7 aromatic carbocycles. The number of pyridine rings is 1. The molecular weight excluding hydrogens is 998 g/mol. The second kappa shape index (κ2) is 18.4. The Morgan fingerprint density at radius 3 is 1.76 bits per heavy atom. The van der Waals surface area contributed by atoms with Crippen molar-refractivity contribution in [2.75, 3.05) is 0 Å². The van der Waals surface area contributed by atoms with E-state index in [2.05, 4.69) is 225 Å². The molecule has 0 spiro atoms. The van der Waals surface area contributed by atoms with Crippen LogP contribution in [0.25, 0.3) is 83.9 Å². The first-order chi connectivity index (χ1) is 31.5. The number of aromatic nitrogens is 3. The largest absolute Gasteiger partial charge is 0.507 e. The van der Waals surface area contributed by atoms with E-state index in [4.69, 9.17) is 9.97 Å². The van der Waals surface area contributed by atoms with Crippen molar-refractivity contribution in [3.63, 3.8) is 0 Å². The van der Waals surface area contributed by atoms with Crippen LogP contribution in [0.3, 0.4) is 0 Å². The topological polar surface area (TPSA) is 50.9 Å². The first-order valence-electron chi connectivity index (χ1n) is 23.3. The number of para-hydroxylation sites is 1. The third-order valence-electron chi connectivity index (χ3n) is 13.5. The van der Waals surface area contributed by atoms with Crippen molar-refractivity contribution in [2.24, 2.45) is 0 Å². The van der Waals surface area contributed by atoms with Crippen LogP contribution in [0, 0.1) is 13.0 Å². The van der Waals surface area contributed by atoms with E-state index in [1.54, 1.807) is 0 Å². The average molecular weight is 1060 g/mol. The zero-order valence-electron chi connectivity index (χ0n) is 40.4. The van der Waals surface area contributed by atoms with Gasteiger partial charge in [-0.1, -0.05) is 189 Å². The standard InChI is InChI=1S/C62H60N3O.Pt/c1-11-62(9,10)48-29-30-55(52(38-48)44-21-16-13-17-22-44)65-56-24-18-23-51(57(56)64-59(65)53-39-49(60(3,4)5)33-40(2)58(53)66)46-34-47(36-50(35-46)61(6,7)8)54-37-45(31-32-63-54)43-27-25-42(26-28-43)41-19-14-12-15-20-41;/h12-33,35-39,66H,11H2,1-10H3;/q-1;. The van der Waals surface area contributed by atoms with Gasteiger partial charge in [0.25, 0.3) is 0 Å². The van der Waals surface area contributed by atoms with Gasteiger partial charge in [-0.25, -0.2) is 4.98 Å². The Morgan fingerprint density at radius 2 is 1.12 bits per heavy atom. The van der Waals surface area contributed by atoms with Gasteiger partial charge in [-0.2, -0.15) is 0 Å². The van der Waals surface area contributed by atoms with Crippen LogP contribution in [-0.4, -0.2) is 19.6 Å². The molecule has 9 rings (SSSR count). The SMILES string of the molecule is CCC(C)(C)c1ccc(-n2c(-c3cc(C(C)(C)C)cc(C)c3O)nc3c(-c4[c-]c(-c5cc(-c6ccc(-c7ccccc7)cc6)ccn5)cc(C(C)(C)C)c4)cccc32)c(-c2ccccc2)c1.[Pt]. The molecule has 2 aromatic heterocycles. The molecule has 0 aliphatic carbocycles. The Morgan fingerprint density at radius 1 is 0.537 bits per heavy atom. The minimum atomic E-state index is -0.169. The number of fused-ring (bicyclic) bond motifs is 1. The average Bonchev–Trinajstić information content (AvgIpc) is 3.71. The van der Waals surface area contributed by atoms with E-state index in [1.807, 2.05) is 19.2 Å². The summed E-state index contributed by atoms with van der Waals surface area (Å²) >= 11 is 0. The van der Waals surface area contributed by atoms with E-state index in [1.165, 1.54) is 22.3 Å². The Balaban J connectivity index is 0.00000608. The Labute approximate surface area is 412 Å². The van der Waals surface area contributed by atoms with E-state index in [-0.39, 0.29) is 43.1 Å². The summed E-state index contributed by atoms with van der Waals surface area (Å²) in [5.41, 5.74) is 18.0. The molecule has 1 N–H and O–H groups in total. The number of aryl methyl sites for hydroxylation is 1. The maximum Gasteiger partial charge on any atom is 0.148 e. The van der Waals surface area contributed by atoms with Gasteiger partial charge in [-0.3, -0.25) is 9.55 Å². The van der Waals surface area contributed by atoms with Gasteiger partial charge >= 0.3 is 0 Å². The molecule has 0 fully saturated rings. The summed E-state index contributed by atoms with van der Waals surface area (Å²) in [6.45, 7) is 22.3. The molecular formula is C62H60N3OPt-. The quantitative estimate of drug-likeness (QED) is 0.147. The van der Waals surface area contributed by atoms with Crippen molar-refractivity contribution in [3.05, 3.63) is 192 Å². The fourth-order valence-electron chi connectivity index (χ4n) is 8.86. The third-order valence-corrected chi connectivity index (χ3v) is 13.5. The number of benzene rings is 7. The van der Waals surface area contributed by atoms with Crippen LogP contribution in [0.15, 0.2) is 164 Å². The normalized spacial score (nSPS) is 12.0. The number of hydrogen-bond donors (Lipinski definition) is 1. The second-order valence-corrected chi connectivity index (χ2v) is 20.5. The number of phenols is 1. The van der Waals surface area contributed by atoms with Crippen LogP contribution in [0.1, 0.15) is 91.0 Å². The summed E-state index contributed by atoms with van der Waals surface area (Å²) in [6.07, 6.45) is 2.91. The fraction of sp³-hybridized carbons (Fsp3) is 0.226. The predicted molar refractivity (Wildman–Crippen MR) is 277 cm³/mol. The van der Waals surface area contributed by atoms with E-state index in [9.17, 15) is 5.11 Å². The minimum absolute atomic E-state index is 0. The van der Waals surface area contributed by atoms with Gasteiger partial charge in [0.1, 0.15) is 11.6 Å². The van der Waals surface area contributed by atoms with Gasteiger partial charge in [0.15, 0.2) is 0 Å². The van der Waals surface area contributed by atoms with Gasteiger partial charge in [-0.15, -0.1) is 29.3 Å². The van der Waals surface area contributed by atoms with Crippen LogP contribution in [0.4, 0.5) is 0 Å². The van der Waals surface area contributed by atoms with Crippen LogP contribution in [0.5, 0.6) is 5.75 Å². The van der Waals surface area contributed by atoms with Crippen molar-refractivity contribution >= 4 is 11.0 Å². The molecule has 0 unspecified atom stereocenters. The van der Waals surface area contributed by atoms with Crippen molar-refractivity contribution in [1.29, 1.82) is 0 Å². The Bertz CT molecular complexity index is 3220. The third kappa shape index (κ3) is 9.34. The number of hydrogen-bond acceptors (Lipinski definition) is 3. The summed E-state index contributed by atoms with van der Waals surface area (Å²) in [4.78, 5) is 10.6. The monoisotopic (exact) mass is 1060 g/mol. The smallest absolute Gasteiger partial charge is 0.148 e. The van der Waals surface area contributed by atoms with Crippen LogP contribution in [0.2, 0.25) is 0 Å². The summed E-state index contributed by atoms with van der Waals surface area (Å²) < 4.78 is 2.27. The van der Waals surface area contributed by atoms with Crippen LogP contribution in [-0.2, 0) is 37.3 Å². The molecule has 67 heavy (non-hydrogen) atoms. The van der Waals surface area contributed by atoms with Gasteiger partial charge in [0, 0.05) is 38.5 Å². The Hall–Kier alpha value is -6.35. The number of rotatable bonds is 9. The maximum absolute atomic E-state index is 12.1. The van der Waals surface area contributed by atoms with Crippen LogP contribution < -0.4 is 0 Å². The first-order valence-corrected chi connectivity index (χ1v) is 23.3. The number of nitrogens with zero attached hydrogens (tertiary/aromatic N) is 3. The summed E-state index contributed by atoms with van der Waals surface area (Å²) in [7, 11) is 0. The zero-order valence-corrected chi connectivity index (χ0v) is 42.7. The Kier molecular flexibility index (Phi) is 12.9. The molecule has 2 heterocycles. The predicted octanol–water partition coefficient (Wildman–Crippen LogP) is 16.5. The zero-order chi connectivity index (χ0) is 46.5. The molecule has 0 atom stereocenters. The minimum Gasteiger partial charge on any atom is -0.507 e. The molecule has 9 aromatic rings. The molecule has 0 aliphatic heterocycles. The van der Waals surface area contributed by atoms with Gasteiger partial charge in [-0.05, 0) is 104 Å². The molecule has 4 nitrogen and oxygen atoms in total. The molecule has 0 amide bonds. The van der Waals surface area contributed by atoms with E-state index in [0.29, 0.717) is 11.4 Å². The molecule has 340 valence electrons. The van der Waals surface area contributed by atoms with Crippen molar-refractivity contribution in [3.8, 4) is 78.6 Å². The van der Waals surface area contributed by atoms with E-state index >= 15 is 0 Å². The van der Waals surface area contributed by atoms with E-state index in [0.717, 1.165) is 78.9 Å². The second-order valence-electron chi connectivity index (χ2n) is 20.5. The van der Waals surface area contributed by atoms with Gasteiger partial charge in [0.05, 0.1) is 22.3 Å². The number of phenolic OH excluding ortho intramolecular Hbond substituents is 1. The van der Waals surface area contributed by atoms with Crippen molar-refractivity contribution < 1.29 is 26.2 Å². The molecule has 0 aliphatic rings. The molecule has 0 radical (unpaired) electrons. The summed E-state index contributed by atoms with van der Waals surface area (Å²) in [5, 5.41) is 12.1. The van der Waals surface area contributed by atoms with Gasteiger partial charge < -0.3 is 5.11 Å². The molecule has 0 saturated carbocycles. The maximum atomic E-state index is 12.1. The first kappa shape index (κ1) is 47.2. The summed E-state index contributed by atoms with van der Waals surface area (Å²) in [6, 6.07) is 60.1.